The monoisotopic (exact) mass is 260 g/mol. The summed E-state index contributed by atoms with van der Waals surface area (Å²) in [5.41, 5.74) is 2.55. The molecule has 0 atom stereocenters. The molecule has 18 heavy (non-hydrogen) atoms. The number of guanidine groups is 1. The average molecular weight is 260 g/mol. The summed E-state index contributed by atoms with van der Waals surface area (Å²) < 4.78 is 10.4. The van der Waals surface area contributed by atoms with Crippen LogP contribution in [0.25, 0.3) is 0 Å². The number of hydrogen-bond donors (Lipinski definition) is 3. The predicted octanol–water partition coefficient (Wildman–Crippen LogP) is 0.637. The van der Waals surface area contributed by atoms with Gasteiger partial charge in [-0.15, -0.1) is 0 Å². The van der Waals surface area contributed by atoms with Crippen molar-refractivity contribution in [3.8, 4) is 0 Å². The number of unbranched alkanes of at least 4 members (excludes halogenated alkanes) is 1. The van der Waals surface area contributed by atoms with E-state index < -0.39 is 0 Å². The van der Waals surface area contributed by atoms with Crippen LogP contribution in [0.3, 0.4) is 0 Å². The van der Waals surface area contributed by atoms with Crippen molar-refractivity contribution in [2.45, 2.75) is 39.2 Å². The van der Waals surface area contributed by atoms with Crippen LogP contribution in [-0.2, 0) is 9.47 Å². The van der Waals surface area contributed by atoms with Gasteiger partial charge in [-0.2, -0.15) is 0 Å². The highest BCUT2D eigenvalue weighted by molar-refractivity contribution is 5.79. The van der Waals surface area contributed by atoms with E-state index in [1.807, 2.05) is 13.8 Å². The second-order valence-electron chi connectivity index (χ2n) is 4.27. The molecule has 0 fully saturated rings. The van der Waals surface area contributed by atoms with Crippen LogP contribution >= 0.6 is 0 Å². The lowest BCUT2D eigenvalue weighted by Crippen LogP contribution is -2.42. The number of ether oxygens (including phenoxy) is 2. The van der Waals surface area contributed by atoms with Crippen molar-refractivity contribution in [3.05, 3.63) is 0 Å². The zero-order valence-corrected chi connectivity index (χ0v) is 11.9. The van der Waals surface area contributed by atoms with E-state index in [0.29, 0.717) is 25.2 Å². The van der Waals surface area contributed by atoms with Crippen LogP contribution in [0, 0.1) is 0 Å². The summed E-state index contributed by atoms with van der Waals surface area (Å²) >= 11 is 0. The summed E-state index contributed by atoms with van der Waals surface area (Å²) in [6.07, 6.45) is 3.27. The molecule has 0 aromatic carbocycles. The van der Waals surface area contributed by atoms with E-state index in [2.05, 4.69) is 15.7 Å². The molecule has 6 heteroatoms. The molecule has 0 aromatic rings. The van der Waals surface area contributed by atoms with E-state index in [1.54, 1.807) is 7.11 Å². The van der Waals surface area contributed by atoms with E-state index in [4.69, 9.17) is 15.3 Å². The lowest BCUT2D eigenvalue weighted by atomic mass is 10.3. The van der Waals surface area contributed by atoms with Crippen LogP contribution in [-0.4, -0.2) is 45.5 Å². The Hall–Kier alpha value is -0.850. The van der Waals surface area contributed by atoms with Crippen molar-refractivity contribution in [2.24, 2.45) is 10.8 Å². The van der Waals surface area contributed by atoms with Gasteiger partial charge in [0.25, 0.3) is 0 Å². The number of nitrogens with one attached hydrogen (secondary N) is 2. The third-order valence-corrected chi connectivity index (χ3v) is 2.23. The van der Waals surface area contributed by atoms with Crippen molar-refractivity contribution in [1.29, 1.82) is 0 Å². The Morgan fingerprint density at radius 3 is 2.61 bits per heavy atom. The van der Waals surface area contributed by atoms with Crippen LogP contribution in [0.15, 0.2) is 4.99 Å². The Morgan fingerprint density at radius 2 is 2.00 bits per heavy atom. The van der Waals surface area contributed by atoms with Crippen LogP contribution < -0.4 is 16.6 Å². The minimum atomic E-state index is 0.307. The molecular weight excluding hydrogens is 232 g/mol. The molecule has 0 aliphatic heterocycles. The molecule has 0 aromatic heterocycles. The Balaban J connectivity index is 3.49. The van der Waals surface area contributed by atoms with Gasteiger partial charge in [0.1, 0.15) is 0 Å². The first kappa shape index (κ1) is 17.2. The summed E-state index contributed by atoms with van der Waals surface area (Å²) in [5, 5.41) is 3.15. The van der Waals surface area contributed by atoms with Gasteiger partial charge >= 0.3 is 0 Å². The highest BCUT2D eigenvalue weighted by atomic mass is 16.5. The highest BCUT2D eigenvalue weighted by Crippen LogP contribution is 1.93. The maximum Gasteiger partial charge on any atom is 0.205 e. The fraction of sp³-hybridized carbons (Fsp3) is 0.917. The molecule has 0 saturated heterocycles. The number of hydrogen-bond acceptors (Lipinski definition) is 4. The lowest BCUT2D eigenvalue weighted by molar-refractivity contribution is 0.0762. The molecule has 0 saturated carbocycles. The number of rotatable bonds is 10. The molecule has 4 N–H and O–H groups in total. The highest BCUT2D eigenvalue weighted by Gasteiger charge is 1.96. The molecule has 0 heterocycles. The van der Waals surface area contributed by atoms with Gasteiger partial charge in [-0.05, 0) is 33.1 Å². The van der Waals surface area contributed by atoms with Crippen LogP contribution in [0.1, 0.15) is 33.1 Å². The molecule has 0 unspecified atom stereocenters. The Labute approximate surface area is 110 Å². The van der Waals surface area contributed by atoms with Crippen LogP contribution in [0.2, 0.25) is 0 Å². The number of nitrogens with zero attached hydrogens (tertiary/aromatic N) is 1. The summed E-state index contributed by atoms with van der Waals surface area (Å²) in [6, 6.07) is 0. The minimum Gasteiger partial charge on any atom is -0.385 e. The Bertz CT molecular complexity index is 210. The third kappa shape index (κ3) is 11.6. The lowest BCUT2D eigenvalue weighted by Gasteiger charge is -2.10. The third-order valence-electron chi connectivity index (χ3n) is 2.23. The number of aliphatic imine (C=N–C) groups is 1. The summed E-state index contributed by atoms with van der Waals surface area (Å²) in [5.74, 6) is 6.00. The van der Waals surface area contributed by atoms with Crippen molar-refractivity contribution in [3.63, 3.8) is 0 Å². The Kier molecular flexibility index (Phi) is 12.0. The standard InChI is InChI=1S/C12H28N4O2/c1-11(2)18-10-5-4-7-14-12(16-13)15-8-6-9-17-3/h11H,4-10,13H2,1-3H3,(H2,14,15,16). The summed E-state index contributed by atoms with van der Waals surface area (Å²) in [6.45, 7) is 7.15. The van der Waals surface area contributed by atoms with Gasteiger partial charge in [0.15, 0.2) is 0 Å². The molecule has 0 bridgehead atoms. The molecule has 0 aliphatic rings. The first-order chi connectivity index (χ1) is 8.70. The normalized spacial score (nSPS) is 11.9. The Morgan fingerprint density at radius 1 is 1.22 bits per heavy atom. The molecule has 108 valence electrons. The predicted molar refractivity (Wildman–Crippen MR) is 74.4 cm³/mol. The topological polar surface area (TPSA) is 80.9 Å². The first-order valence-corrected chi connectivity index (χ1v) is 6.56. The van der Waals surface area contributed by atoms with Gasteiger partial charge in [0, 0.05) is 33.4 Å². The zero-order valence-electron chi connectivity index (χ0n) is 11.9. The van der Waals surface area contributed by atoms with Gasteiger partial charge in [-0.25, -0.2) is 5.84 Å². The van der Waals surface area contributed by atoms with Crippen molar-refractivity contribution >= 4 is 5.96 Å². The number of hydrazine groups is 1. The second kappa shape index (κ2) is 12.6. The second-order valence-corrected chi connectivity index (χ2v) is 4.27. The van der Waals surface area contributed by atoms with E-state index in [9.17, 15) is 0 Å². The fourth-order valence-corrected chi connectivity index (χ4v) is 1.31. The first-order valence-electron chi connectivity index (χ1n) is 6.56. The SMILES string of the molecule is COCCCN=C(NN)NCCCCOC(C)C. The molecule has 0 spiro atoms. The van der Waals surface area contributed by atoms with E-state index in [0.717, 1.165) is 32.4 Å². The maximum atomic E-state index is 5.45. The minimum absolute atomic E-state index is 0.307. The number of nitrogens with two attached hydrogens (primary N) is 1. The van der Waals surface area contributed by atoms with Crippen molar-refractivity contribution in [2.75, 3.05) is 33.4 Å². The van der Waals surface area contributed by atoms with Crippen LogP contribution in [0.4, 0.5) is 0 Å². The molecule has 6 nitrogen and oxygen atoms in total. The zero-order chi connectivity index (χ0) is 13.6. The maximum absolute atomic E-state index is 5.45. The molecule has 0 aliphatic carbocycles. The van der Waals surface area contributed by atoms with Gasteiger partial charge in [-0.3, -0.25) is 10.4 Å². The quantitative estimate of drug-likeness (QED) is 0.176. The largest absolute Gasteiger partial charge is 0.385 e. The molecule has 0 rings (SSSR count). The van der Waals surface area contributed by atoms with Gasteiger partial charge < -0.3 is 14.8 Å². The molecule has 0 amide bonds. The number of methoxy groups -OCH3 is 1. The summed E-state index contributed by atoms with van der Waals surface area (Å²) in [4.78, 5) is 4.28. The average Bonchev–Trinajstić information content (AvgIpc) is 2.35. The smallest absolute Gasteiger partial charge is 0.205 e. The summed E-state index contributed by atoms with van der Waals surface area (Å²) in [7, 11) is 1.68. The van der Waals surface area contributed by atoms with Crippen molar-refractivity contribution < 1.29 is 9.47 Å². The van der Waals surface area contributed by atoms with Gasteiger partial charge in [0.2, 0.25) is 5.96 Å². The fourth-order valence-electron chi connectivity index (χ4n) is 1.31. The van der Waals surface area contributed by atoms with Crippen molar-refractivity contribution in [1.82, 2.24) is 10.7 Å². The molecular formula is C12H28N4O2. The van der Waals surface area contributed by atoms with Gasteiger partial charge in [0.05, 0.1) is 6.10 Å². The van der Waals surface area contributed by atoms with E-state index >= 15 is 0 Å². The van der Waals surface area contributed by atoms with E-state index in [1.165, 1.54) is 0 Å². The van der Waals surface area contributed by atoms with E-state index in [-0.39, 0.29) is 0 Å². The van der Waals surface area contributed by atoms with Crippen LogP contribution in [0.5, 0.6) is 0 Å². The van der Waals surface area contributed by atoms with Gasteiger partial charge in [-0.1, -0.05) is 0 Å². The molecule has 0 radical (unpaired) electrons.